The molecule has 7 heteroatoms. The lowest BCUT2D eigenvalue weighted by atomic mass is 9.81. The maximum Gasteiger partial charge on any atom is 0.256 e. The Morgan fingerprint density at radius 3 is 2.46 bits per heavy atom. The van der Waals surface area contributed by atoms with Gasteiger partial charge in [0.05, 0.1) is 27.7 Å². The summed E-state index contributed by atoms with van der Waals surface area (Å²) in [4.78, 5) is 28.5. The van der Waals surface area contributed by atoms with Gasteiger partial charge in [-0.2, -0.15) is 0 Å². The fourth-order valence-corrected chi connectivity index (χ4v) is 5.32. The van der Waals surface area contributed by atoms with E-state index in [0.29, 0.717) is 15.7 Å². The number of hydrogen-bond acceptors (Lipinski definition) is 4. The van der Waals surface area contributed by atoms with Crippen LogP contribution < -0.4 is 4.90 Å². The molecule has 5 rings (SSSR count). The number of rotatable bonds is 2. The third-order valence-corrected chi connectivity index (χ3v) is 7.01. The predicted octanol–water partition coefficient (Wildman–Crippen LogP) is 3.92. The van der Waals surface area contributed by atoms with Crippen molar-refractivity contribution in [2.45, 2.75) is 24.9 Å². The second kappa shape index (κ2) is 6.29. The van der Waals surface area contributed by atoms with Crippen molar-refractivity contribution in [3.63, 3.8) is 0 Å². The van der Waals surface area contributed by atoms with Crippen LogP contribution in [0.25, 0.3) is 0 Å². The van der Waals surface area contributed by atoms with Gasteiger partial charge >= 0.3 is 0 Å². The van der Waals surface area contributed by atoms with Crippen LogP contribution in [0.1, 0.15) is 24.9 Å². The molecule has 144 valence electrons. The summed E-state index contributed by atoms with van der Waals surface area (Å²) in [7, 11) is 0. The summed E-state index contributed by atoms with van der Waals surface area (Å²) >= 11 is 12.2. The number of fused-ring (bicyclic) bond motifs is 3. The number of carbonyl (C=O) groups is 2. The third-order valence-electron chi connectivity index (χ3n) is 6.27. The molecule has 3 heterocycles. The number of carbonyl (C=O) groups excluding carboxylic acids is 2. The lowest BCUT2D eigenvalue weighted by molar-refractivity contribution is -0.131. The molecule has 3 atom stereocenters. The highest BCUT2D eigenvalue weighted by atomic mass is 35.5. The molecule has 0 bridgehead atoms. The molecule has 2 amide bonds. The van der Waals surface area contributed by atoms with Crippen molar-refractivity contribution in [2.75, 3.05) is 18.0 Å². The largest absolute Gasteiger partial charge is 0.274 e. The predicted molar refractivity (Wildman–Crippen MR) is 108 cm³/mol. The first-order valence-electron chi connectivity index (χ1n) is 9.37. The van der Waals surface area contributed by atoms with Crippen LogP contribution in [0.4, 0.5) is 5.69 Å². The Kier molecular flexibility index (Phi) is 4.07. The standard InChI is InChI=1S/C21H19Cl2N3O2/c1-21-17(18(13-6-3-2-4-7-13)24-10-5-11-25(21)24)19(27)26(20(21)28)14-8-9-15(22)16(23)12-14/h2-4,6-9,12,17-18H,5,10-11H2,1H3/t17-,18+,21+/m0/s1. The Hall–Kier alpha value is -1.92. The zero-order valence-electron chi connectivity index (χ0n) is 15.3. The number of benzene rings is 2. The zero-order valence-corrected chi connectivity index (χ0v) is 16.8. The minimum absolute atomic E-state index is 0.155. The molecule has 2 aromatic carbocycles. The molecule has 0 N–H and O–H groups in total. The van der Waals surface area contributed by atoms with Gasteiger partial charge in [0.1, 0.15) is 5.54 Å². The molecule has 0 aliphatic carbocycles. The summed E-state index contributed by atoms with van der Waals surface area (Å²) in [5.74, 6) is -0.863. The molecular weight excluding hydrogens is 397 g/mol. The summed E-state index contributed by atoms with van der Waals surface area (Å²) < 4.78 is 0. The second-order valence-electron chi connectivity index (χ2n) is 7.70. The Balaban J connectivity index is 1.64. The summed E-state index contributed by atoms with van der Waals surface area (Å²) in [6, 6.07) is 14.7. The van der Waals surface area contributed by atoms with Crippen molar-refractivity contribution in [1.29, 1.82) is 0 Å². The molecule has 3 aliphatic rings. The monoisotopic (exact) mass is 415 g/mol. The van der Waals surface area contributed by atoms with Crippen molar-refractivity contribution in [3.8, 4) is 0 Å². The SMILES string of the molecule is C[C@]12C(=O)N(c3ccc(Cl)c(Cl)c3)C(=O)[C@@H]1[C@@H](c1ccccc1)N1CCCN12. The first-order chi connectivity index (χ1) is 13.4. The van der Waals surface area contributed by atoms with Crippen LogP contribution in [0, 0.1) is 5.92 Å². The second-order valence-corrected chi connectivity index (χ2v) is 8.51. The van der Waals surface area contributed by atoms with Crippen LogP contribution in [-0.2, 0) is 9.59 Å². The number of imide groups is 1. The Morgan fingerprint density at radius 2 is 1.75 bits per heavy atom. The van der Waals surface area contributed by atoms with E-state index >= 15 is 0 Å². The van der Waals surface area contributed by atoms with Crippen LogP contribution in [0.5, 0.6) is 0 Å². The smallest absolute Gasteiger partial charge is 0.256 e. The van der Waals surface area contributed by atoms with Gasteiger partial charge in [0, 0.05) is 13.1 Å². The number of hydrazine groups is 1. The summed E-state index contributed by atoms with van der Waals surface area (Å²) in [5.41, 5.74) is 0.623. The molecule has 0 unspecified atom stereocenters. The molecule has 0 spiro atoms. The molecule has 3 saturated heterocycles. The molecule has 0 saturated carbocycles. The topological polar surface area (TPSA) is 43.9 Å². The van der Waals surface area contributed by atoms with Gasteiger partial charge < -0.3 is 0 Å². The Bertz CT molecular complexity index is 983. The molecule has 5 nitrogen and oxygen atoms in total. The van der Waals surface area contributed by atoms with Crippen LogP contribution in [-0.4, -0.2) is 40.5 Å². The van der Waals surface area contributed by atoms with E-state index < -0.39 is 11.5 Å². The molecular formula is C21H19Cl2N3O2. The van der Waals surface area contributed by atoms with Gasteiger partial charge in [-0.3, -0.25) is 9.59 Å². The number of nitrogens with zero attached hydrogens (tertiary/aromatic N) is 3. The summed E-state index contributed by atoms with van der Waals surface area (Å²) in [6.07, 6.45) is 0.972. The lowest BCUT2D eigenvalue weighted by Crippen LogP contribution is -2.52. The fourth-order valence-electron chi connectivity index (χ4n) is 5.03. The lowest BCUT2D eigenvalue weighted by Gasteiger charge is -2.33. The average Bonchev–Trinajstić information content (AvgIpc) is 3.31. The third kappa shape index (κ3) is 2.28. The van der Waals surface area contributed by atoms with Crippen molar-refractivity contribution in [3.05, 3.63) is 64.1 Å². The maximum atomic E-state index is 13.6. The van der Waals surface area contributed by atoms with E-state index in [1.807, 2.05) is 37.3 Å². The van der Waals surface area contributed by atoms with Crippen molar-refractivity contribution in [1.82, 2.24) is 10.0 Å². The van der Waals surface area contributed by atoms with Crippen LogP contribution >= 0.6 is 23.2 Å². The molecule has 3 aliphatic heterocycles. The number of amides is 2. The van der Waals surface area contributed by atoms with E-state index in [2.05, 4.69) is 10.0 Å². The molecule has 28 heavy (non-hydrogen) atoms. The van der Waals surface area contributed by atoms with Crippen molar-refractivity contribution in [2.24, 2.45) is 5.92 Å². The van der Waals surface area contributed by atoms with E-state index in [-0.39, 0.29) is 17.9 Å². The maximum absolute atomic E-state index is 13.6. The van der Waals surface area contributed by atoms with Gasteiger partial charge in [0.2, 0.25) is 5.91 Å². The van der Waals surface area contributed by atoms with Gasteiger partial charge in [-0.25, -0.2) is 14.9 Å². The van der Waals surface area contributed by atoms with E-state index in [0.717, 1.165) is 25.1 Å². The molecule has 0 radical (unpaired) electrons. The van der Waals surface area contributed by atoms with Crippen LogP contribution in [0.3, 0.4) is 0 Å². The Morgan fingerprint density at radius 1 is 1.00 bits per heavy atom. The summed E-state index contributed by atoms with van der Waals surface area (Å²) in [6.45, 7) is 3.51. The van der Waals surface area contributed by atoms with Gasteiger partial charge in [-0.05, 0) is 37.1 Å². The van der Waals surface area contributed by atoms with E-state index in [1.165, 1.54) is 4.90 Å². The van der Waals surface area contributed by atoms with Crippen LogP contribution in [0.2, 0.25) is 10.0 Å². The first-order valence-corrected chi connectivity index (χ1v) is 10.1. The van der Waals surface area contributed by atoms with Crippen molar-refractivity contribution >= 4 is 40.7 Å². The van der Waals surface area contributed by atoms with Gasteiger partial charge in [0.25, 0.3) is 5.91 Å². The van der Waals surface area contributed by atoms with Gasteiger partial charge in [-0.1, -0.05) is 53.5 Å². The summed E-state index contributed by atoms with van der Waals surface area (Å²) in [5, 5.41) is 5.03. The average molecular weight is 416 g/mol. The zero-order chi connectivity index (χ0) is 19.6. The molecule has 0 aromatic heterocycles. The van der Waals surface area contributed by atoms with E-state index in [9.17, 15) is 9.59 Å². The first kappa shape index (κ1) is 18.1. The molecule has 3 fully saturated rings. The van der Waals surface area contributed by atoms with Crippen LogP contribution in [0.15, 0.2) is 48.5 Å². The number of anilines is 1. The van der Waals surface area contributed by atoms with E-state index in [1.54, 1.807) is 18.2 Å². The van der Waals surface area contributed by atoms with Gasteiger partial charge in [-0.15, -0.1) is 0 Å². The normalized spacial score (nSPS) is 30.2. The molecule has 2 aromatic rings. The minimum atomic E-state index is -0.903. The van der Waals surface area contributed by atoms with Crippen molar-refractivity contribution < 1.29 is 9.59 Å². The quantitative estimate of drug-likeness (QED) is 0.697. The minimum Gasteiger partial charge on any atom is -0.274 e. The number of halogens is 2. The highest BCUT2D eigenvalue weighted by molar-refractivity contribution is 6.42. The van der Waals surface area contributed by atoms with Gasteiger partial charge in [0.15, 0.2) is 0 Å². The Labute approximate surface area is 173 Å². The highest BCUT2D eigenvalue weighted by Crippen LogP contribution is 2.54. The number of hydrogen-bond donors (Lipinski definition) is 0. The fraction of sp³-hybridized carbons (Fsp3) is 0.333. The highest BCUT2D eigenvalue weighted by Gasteiger charge is 2.70. The van der Waals surface area contributed by atoms with E-state index in [4.69, 9.17) is 23.2 Å².